The summed E-state index contributed by atoms with van der Waals surface area (Å²) in [4.78, 5) is 0. The summed E-state index contributed by atoms with van der Waals surface area (Å²) in [5.74, 6) is -0.0406. The average molecular weight is 244 g/mol. The summed E-state index contributed by atoms with van der Waals surface area (Å²) >= 11 is 0. The molecular weight excluding hydrogens is 230 g/mol. The fraction of sp³-hybridized carbons (Fsp3) is 0.500. The molecule has 0 aliphatic carbocycles. The lowest BCUT2D eigenvalue weighted by atomic mass is 9.88. The number of alkyl halides is 2. The summed E-state index contributed by atoms with van der Waals surface area (Å²) in [5.41, 5.74) is -0.460. The van der Waals surface area contributed by atoms with Crippen LogP contribution in [0.4, 0.5) is 8.78 Å². The number of fused-ring (bicyclic) bond motifs is 1. The second-order valence-electron chi connectivity index (χ2n) is 4.07. The highest BCUT2D eigenvalue weighted by Gasteiger charge is 2.44. The van der Waals surface area contributed by atoms with Crippen LogP contribution in [-0.2, 0) is 5.60 Å². The van der Waals surface area contributed by atoms with Crippen molar-refractivity contribution in [3.05, 3.63) is 23.8 Å². The van der Waals surface area contributed by atoms with Crippen molar-refractivity contribution in [2.24, 2.45) is 0 Å². The monoisotopic (exact) mass is 244 g/mol. The molecule has 1 N–H and O–H groups in total. The molecule has 0 saturated carbocycles. The first-order chi connectivity index (χ1) is 7.90. The Balaban J connectivity index is 2.37. The van der Waals surface area contributed by atoms with Crippen LogP contribution in [-0.4, -0.2) is 11.4 Å². The number of ether oxygens (including phenoxy) is 2. The zero-order valence-electron chi connectivity index (χ0n) is 9.67. The van der Waals surface area contributed by atoms with E-state index < -0.39 is 11.9 Å². The molecule has 3 nitrogen and oxygen atoms in total. The lowest BCUT2D eigenvalue weighted by Gasteiger charge is -2.25. The van der Waals surface area contributed by atoms with E-state index in [1.165, 1.54) is 12.1 Å². The van der Waals surface area contributed by atoms with Crippen LogP contribution < -0.4 is 9.47 Å². The van der Waals surface area contributed by atoms with E-state index in [9.17, 15) is 13.9 Å². The lowest BCUT2D eigenvalue weighted by molar-refractivity contribution is -0.286. The number of halogens is 2. The van der Waals surface area contributed by atoms with Crippen LogP contribution in [0.15, 0.2) is 18.2 Å². The van der Waals surface area contributed by atoms with Crippen LogP contribution in [0.25, 0.3) is 0 Å². The summed E-state index contributed by atoms with van der Waals surface area (Å²) < 4.78 is 34.3. The Labute approximate surface area is 98.0 Å². The van der Waals surface area contributed by atoms with Crippen LogP contribution in [0.3, 0.4) is 0 Å². The van der Waals surface area contributed by atoms with Crippen LogP contribution >= 0.6 is 0 Å². The Morgan fingerprint density at radius 1 is 1.18 bits per heavy atom. The molecule has 0 spiro atoms. The average Bonchev–Trinajstić information content (AvgIpc) is 2.60. The SMILES string of the molecule is CCC(O)(CC)c1ccc2c(c1)OC(F)(F)O2. The van der Waals surface area contributed by atoms with Crippen LogP contribution in [0.2, 0.25) is 0 Å². The molecule has 0 unspecified atom stereocenters. The third-order valence-electron chi connectivity index (χ3n) is 3.11. The molecule has 0 bridgehead atoms. The number of hydrogen-bond acceptors (Lipinski definition) is 3. The largest absolute Gasteiger partial charge is 0.586 e. The number of hydrogen-bond donors (Lipinski definition) is 1. The summed E-state index contributed by atoms with van der Waals surface area (Å²) in [7, 11) is 0. The highest BCUT2D eigenvalue weighted by molar-refractivity contribution is 5.46. The number of benzene rings is 1. The molecule has 0 saturated heterocycles. The Morgan fingerprint density at radius 3 is 2.35 bits per heavy atom. The standard InChI is InChI=1S/C12H14F2O3/c1-3-11(15,4-2)8-5-6-9-10(7-8)17-12(13,14)16-9/h5-7,15H,3-4H2,1-2H3. The third kappa shape index (κ3) is 2.07. The van der Waals surface area contributed by atoms with Crippen molar-refractivity contribution in [3.63, 3.8) is 0 Å². The molecule has 0 fully saturated rings. The minimum atomic E-state index is -3.61. The van der Waals surface area contributed by atoms with E-state index in [1.807, 2.05) is 13.8 Å². The van der Waals surface area contributed by atoms with Crippen molar-refractivity contribution >= 4 is 0 Å². The normalized spacial score (nSPS) is 17.2. The predicted molar refractivity (Wildman–Crippen MR) is 57.1 cm³/mol. The lowest BCUT2D eigenvalue weighted by Crippen LogP contribution is -2.26. The fourth-order valence-corrected chi connectivity index (χ4v) is 1.90. The van der Waals surface area contributed by atoms with Gasteiger partial charge in [-0.3, -0.25) is 0 Å². The Kier molecular flexibility index (Phi) is 2.73. The van der Waals surface area contributed by atoms with E-state index in [-0.39, 0.29) is 11.5 Å². The van der Waals surface area contributed by atoms with E-state index in [4.69, 9.17) is 0 Å². The van der Waals surface area contributed by atoms with E-state index in [0.29, 0.717) is 18.4 Å². The van der Waals surface area contributed by atoms with Crippen molar-refractivity contribution in [2.75, 3.05) is 0 Å². The van der Waals surface area contributed by atoms with Crippen molar-refractivity contribution in [1.82, 2.24) is 0 Å². The molecule has 0 atom stereocenters. The molecule has 1 aliphatic heterocycles. The van der Waals surface area contributed by atoms with Gasteiger partial charge >= 0.3 is 6.29 Å². The van der Waals surface area contributed by atoms with Crippen LogP contribution in [0.5, 0.6) is 11.5 Å². The quantitative estimate of drug-likeness (QED) is 0.888. The van der Waals surface area contributed by atoms with Gasteiger partial charge in [0.15, 0.2) is 11.5 Å². The minimum absolute atomic E-state index is 0.00620. The number of aliphatic hydroxyl groups is 1. The molecule has 94 valence electrons. The molecule has 0 amide bonds. The molecule has 5 heteroatoms. The van der Waals surface area contributed by atoms with Gasteiger partial charge in [0, 0.05) is 0 Å². The van der Waals surface area contributed by atoms with Gasteiger partial charge in [-0.1, -0.05) is 19.9 Å². The molecular formula is C12H14F2O3. The van der Waals surface area contributed by atoms with Gasteiger partial charge < -0.3 is 14.6 Å². The number of rotatable bonds is 3. The Morgan fingerprint density at radius 2 is 1.76 bits per heavy atom. The van der Waals surface area contributed by atoms with Crippen LogP contribution in [0.1, 0.15) is 32.3 Å². The Bertz CT molecular complexity index is 428. The molecule has 17 heavy (non-hydrogen) atoms. The smallest absolute Gasteiger partial charge is 0.395 e. The summed E-state index contributed by atoms with van der Waals surface area (Å²) in [6, 6.07) is 4.38. The van der Waals surface area contributed by atoms with E-state index in [2.05, 4.69) is 9.47 Å². The van der Waals surface area contributed by atoms with Gasteiger partial charge in [-0.2, -0.15) is 0 Å². The molecule has 1 heterocycles. The molecule has 2 rings (SSSR count). The molecule has 1 aromatic carbocycles. The fourth-order valence-electron chi connectivity index (χ4n) is 1.90. The molecule has 1 aliphatic rings. The molecule has 1 aromatic rings. The van der Waals surface area contributed by atoms with Crippen molar-refractivity contribution < 1.29 is 23.4 Å². The van der Waals surface area contributed by atoms with Gasteiger partial charge in [0.05, 0.1) is 5.60 Å². The maximum Gasteiger partial charge on any atom is 0.586 e. The van der Waals surface area contributed by atoms with E-state index >= 15 is 0 Å². The van der Waals surface area contributed by atoms with E-state index in [1.54, 1.807) is 6.07 Å². The highest BCUT2D eigenvalue weighted by Crippen LogP contribution is 2.43. The second kappa shape index (κ2) is 3.84. The van der Waals surface area contributed by atoms with Gasteiger partial charge in [-0.25, -0.2) is 0 Å². The maximum atomic E-state index is 12.8. The minimum Gasteiger partial charge on any atom is -0.395 e. The molecule has 0 aromatic heterocycles. The summed E-state index contributed by atoms with van der Waals surface area (Å²) in [6.07, 6.45) is -2.61. The van der Waals surface area contributed by atoms with E-state index in [0.717, 1.165) is 0 Å². The zero-order chi connectivity index (χ0) is 12.7. The maximum absolute atomic E-state index is 12.8. The van der Waals surface area contributed by atoms with Crippen LogP contribution in [0, 0.1) is 0 Å². The van der Waals surface area contributed by atoms with Gasteiger partial charge in [0.25, 0.3) is 0 Å². The van der Waals surface area contributed by atoms with Gasteiger partial charge in [-0.15, -0.1) is 8.78 Å². The third-order valence-corrected chi connectivity index (χ3v) is 3.11. The zero-order valence-corrected chi connectivity index (χ0v) is 9.67. The van der Waals surface area contributed by atoms with Gasteiger partial charge in [0.2, 0.25) is 0 Å². The van der Waals surface area contributed by atoms with Gasteiger partial charge in [-0.05, 0) is 30.5 Å². The van der Waals surface area contributed by atoms with Crippen molar-refractivity contribution in [2.45, 2.75) is 38.6 Å². The first-order valence-corrected chi connectivity index (χ1v) is 5.53. The second-order valence-corrected chi connectivity index (χ2v) is 4.07. The highest BCUT2D eigenvalue weighted by atomic mass is 19.3. The Hall–Kier alpha value is -1.36. The van der Waals surface area contributed by atoms with Crippen molar-refractivity contribution in [1.29, 1.82) is 0 Å². The van der Waals surface area contributed by atoms with Gasteiger partial charge in [0.1, 0.15) is 0 Å². The summed E-state index contributed by atoms with van der Waals surface area (Å²) in [5, 5.41) is 10.3. The van der Waals surface area contributed by atoms with Crippen molar-refractivity contribution in [3.8, 4) is 11.5 Å². The molecule has 0 radical (unpaired) electrons. The summed E-state index contributed by atoms with van der Waals surface area (Å²) in [6.45, 7) is 3.67. The first-order valence-electron chi connectivity index (χ1n) is 5.53. The topological polar surface area (TPSA) is 38.7 Å². The first kappa shape index (κ1) is 12.1. The predicted octanol–water partition coefficient (Wildman–Crippen LogP) is 3.02.